The Balaban J connectivity index is 2.31. The van der Waals surface area contributed by atoms with E-state index in [9.17, 15) is 8.42 Å². The summed E-state index contributed by atoms with van der Waals surface area (Å²) >= 11 is 4.88. The van der Waals surface area contributed by atoms with Gasteiger partial charge in [-0.05, 0) is 48.3 Å². The SMILES string of the molecule is CCCN(C1CC1)S(=O)(=O)c1cc(CNC)sc1Br. The average molecular weight is 367 g/mol. The van der Waals surface area contributed by atoms with Crippen molar-refractivity contribution in [2.75, 3.05) is 13.6 Å². The fourth-order valence-corrected chi connectivity index (χ4v) is 6.47. The number of halogens is 1. The van der Waals surface area contributed by atoms with E-state index in [-0.39, 0.29) is 6.04 Å². The molecule has 1 N–H and O–H groups in total. The predicted molar refractivity (Wildman–Crippen MR) is 82.0 cm³/mol. The van der Waals surface area contributed by atoms with Gasteiger partial charge in [0.1, 0.15) is 4.90 Å². The quantitative estimate of drug-likeness (QED) is 0.806. The molecule has 0 aromatic carbocycles. The van der Waals surface area contributed by atoms with Crippen LogP contribution in [0.25, 0.3) is 0 Å². The molecule has 4 nitrogen and oxygen atoms in total. The normalized spacial score (nSPS) is 16.2. The van der Waals surface area contributed by atoms with Crippen molar-refractivity contribution in [3.05, 3.63) is 14.7 Å². The summed E-state index contributed by atoms with van der Waals surface area (Å²) in [5.74, 6) is 0. The molecule has 1 aliphatic rings. The van der Waals surface area contributed by atoms with Gasteiger partial charge in [-0.1, -0.05) is 6.92 Å². The third-order valence-corrected chi connectivity index (χ3v) is 7.25. The van der Waals surface area contributed by atoms with Crippen molar-refractivity contribution in [2.24, 2.45) is 0 Å². The largest absolute Gasteiger partial charge is 0.315 e. The summed E-state index contributed by atoms with van der Waals surface area (Å²) in [6.45, 7) is 3.31. The van der Waals surface area contributed by atoms with Crippen LogP contribution in [0.1, 0.15) is 31.1 Å². The van der Waals surface area contributed by atoms with Gasteiger partial charge in [0.2, 0.25) is 10.0 Å². The Morgan fingerprint density at radius 1 is 1.53 bits per heavy atom. The molecule has 2 rings (SSSR count). The summed E-state index contributed by atoms with van der Waals surface area (Å²) in [5, 5.41) is 3.05. The van der Waals surface area contributed by atoms with Crippen LogP contribution in [-0.4, -0.2) is 32.4 Å². The lowest BCUT2D eigenvalue weighted by Gasteiger charge is -2.20. The maximum absolute atomic E-state index is 12.7. The Kier molecular flexibility index (Phi) is 5.05. The molecule has 1 aliphatic carbocycles. The van der Waals surface area contributed by atoms with E-state index >= 15 is 0 Å². The van der Waals surface area contributed by atoms with Crippen molar-refractivity contribution in [3.8, 4) is 0 Å². The summed E-state index contributed by atoms with van der Waals surface area (Å²) in [7, 11) is -1.50. The molecule has 0 unspecified atom stereocenters. The molecule has 108 valence electrons. The van der Waals surface area contributed by atoms with Gasteiger partial charge in [0.25, 0.3) is 0 Å². The van der Waals surface area contributed by atoms with Gasteiger partial charge in [0.05, 0.1) is 3.79 Å². The standard InChI is InChI=1S/C12H19BrN2O2S2/c1-3-6-15(9-4-5-9)19(16,17)11-7-10(8-14-2)18-12(11)13/h7,9,14H,3-6,8H2,1-2H3. The van der Waals surface area contributed by atoms with E-state index in [0.29, 0.717) is 21.8 Å². The minimum absolute atomic E-state index is 0.213. The molecular weight excluding hydrogens is 348 g/mol. The van der Waals surface area contributed by atoms with Crippen molar-refractivity contribution in [1.82, 2.24) is 9.62 Å². The number of sulfonamides is 1. The molecule has 7 heteroatoms. The topological polar surface area (TPSA) is 49.4 Å². The van der Waals surface area contributed by atoms with Crippen LogP contribution in [0.2, 0.25) is 0 Å². The molecule has 1 aromatic rings. The van der Waals surface area contributed by atoms with Crippen molar-refractivity contribution >= 4 is 37.3 Å². The first-order valence-corrected chi connectivity index (χ1v) is 9.50. The van der Waals surface area contributed by atoms with Crippen molar-refractivity contribution < 1.29 is 8.42 Å². The highest BCUT2D eigenvalue weighted by Gasteiger charge is 2.38. The minimum atomic E-state index is -3.36. The Hall–Kier alpha value is 0.0500. The monoisotopic (exact) mass is 366 g/mol. The second-order valence-electron chi connectivity index (χ2n) is 4.73. The fourth-order valence-electron chi connectivity index (χ4n) is 2.04. The molecule has 0 saturated heterocycles. The van der Waals surface area contributed by atoms with E-state index in [1.54, 1.807) is 10.4 Å². The zero-order valence-corrected chi connectivity index (χ0v) is 14.4. The molecule has 1 saturated carbocycles. The maximum Gasteiger partial charge on any atom is 0.245 e. The lowest BCUT2D eigenvalue weighted by atomic mass is 10.5. The summed E-state index contributed by atoms with van der Waals surface area (Å²) in [6, 6.07) is 2.00. The van der Waals surface area contributed by atoms with Crippen LogP contribution in [-0.2, 0) is 16.6 Å². The molecule has 0 aliphatic heterocycles. The van der Waals surface area contributed by atoms with Gasteiger partial charge in [-0.25, -0.2) is 8.42 Å². The van der Waals surface area contributed by atoms with Gasteiger partial charge in [0.15, 0.2) is 0 Å². The van der Waals surface area contributed by atoms with Crippen LogP contribution in [0.4, 0.5) is 0 Å². The maximum atomic E-state index is 12.7. The van der Waals surface area contributed by atoms with Crippen LogP contribution in [0, 0.1) is 0 Å². The highest BCUT2D eigenvalue weighted by Crippen LogP contribution is 2.38. The Labute approximate surface area is 127 Å². The molecule has 0 radical (unpaired) electrons. The summed E-state index contributed by atoms with van der Waals surface area (Å²) in [6.07, 6.45) is 2.83. The van der Waals surface area contributed by atoms with Crippen LogP contribution in [0.5, 0.6) is 0 Å². The Morgan fingerprint density at radius 3 is 2.74 bits per heavy atom. The first-order valence-electron chi connectivity index (χ1n) is 6.45. The number of hydrogen-bond acceptors (Lipinski definition) is 4. The second kappa shape index (κ2) is 6.22. The van der Waals surface area contributed by atoms with E-state index in [1.807, 2.05) is 14.0 Å². The van der Waals surface area contributed by atoms with Crippen LogP contribution in [0.3, 0.4) is 0 Å². The minimum Gasteiger partial charge on any atom is -0.315 e. The summed E-state index contributed by atoms with van der Waals surface area (Å²) in [5.41, 5.74) is 0. The fraction of sp³-hybridized carbons (Fsp3) is 0.667. The number of rotatable bonds is 7. The van der Waals surface area contributed by atoms with E-state index in [1.165, 1.54) is 11.3 Å². The Bertz CT molecular complexity index is 538. The molecule has 0 bridgehead atoms. The van der Waals surface area contributed by atoms with E-state index < -0.39 is 10.0 Å². The average Bonchev–Trinajstić information content (AvgIpc) is 3.10. The van der Waals surface area contributed by atoms with Crippen LogP contribution < -0.4 is 5.32 Å². The smallest absolute Gasteiger partial charge is 0.245 e. The van der Waals surface area contributed by atoms with Crippen LogP contribution >= 0.6 is 27.3 Å². The van der Waals surface area contributed by atoms with Crippen molar-refractivity contribution in [3.63, 3.8) is 0 Å². The highest BCUT2D eigenvalue weighted by molar-refractivity contribution is 9.11. The van der Waals surface area contributed by atoms with Gasteiger partial charge in [-0.15, -0.1) is 11.3 Å². The van der Waals surface area contributed by atoms with E-state index in [4.69, 9.17) is 0 Å². The number of thiophene rings is 1. The van der Waals surface area contributed by atoms with Crippen molar-refractivity contribution in [1.29, 1.82) is 0 Å². The summed E-state index contributed by atoms with van der Waals surface area (Å²) < 4.78 is 27.8. The van der Waals surface area contributed by atoms with E-state index in [2.05, 4.69) is 21.2 Å². The van der Waals surface area contributed by atoms with Gasteiger partial charge >= 0.3 is 0 Å². The molecule has 0 amide bonds. The molecular formula is C12H19BrN2O2S2. The van der Waals surface area contributed by atoms with Crippen LogP contribution in [0.15, 0.2) is 14.7 Å². The molecule has 0 spiro atoms. The number of hydrogen-bond donors (Lipinski definition) is 1. The molecule has 1 heterocycles. The van der Waals surface area contributed by atoms with Gasteiger partial charge in [-0.3, -0.25) is 0 Å². The molecule has 19 heavy (non-hydrogen) atoms. The third-order valence-electron chi connectivity index (χ3n) is 3.04. The predicted octanol–water partition coefficient (Wildman–Crippen LogP) is 2.79. The van der Waals surface area contributed by atoms with E-state index in [0.717, 1.165) is 24.1 Å². The summed E-state index contributed by atoms with van der Waals surface area (Å²) in [4.78, 5) is 1.45. The first-order chi connectivity index (χ1) is 9.00. The van der Waals surface area contributed by atoms with Gasteiger partial charge in [0, 0.05) is 24.0 Å². The molecule has 0 atom stereocenters. The first kappa shape index (κ1) is 15.4. The highest BCUT2D eigenvalue weighted by atomic mass is 79.9. The lowest BCUT2D eigenvalue weighted by Crippen LogP contribution is -2.33. The zero-order valence-electron chi connectivity index (χ0n) is 11.1. The zero-order chi connectivity index (χ0) is 14.0. The lowest BCUT2D eigenvalue weighted by molar-refractivity contribution is 0.403. The van der Waals surface area contributed by atoms with Crippen molar-refractivity contribution in [2.45, 2.75) is 43.7 Å². The number of nitrogens with one attached hydrogen (secondary N) is 1. The van der Waals surface area contributed by atoms with Gasteiger partial charge < -0.3 is 5.32 Å². The third kappa shape index (κ3) is 3.39. The molecule has 1 aromatic heterocycles. The van der Waals surface area contributed by atoms with Gasteiger partial charge in [-0.2, -0.15) is 4.31 Å². The number of nitrogens with zero attached hydrogens (tertiary/aromatic N) is 1. The Morgan fingerprint density at radius 2 is 2.21 bits per heavy atom. The molecule has 1 fully saturated rings. The second-order valence-corrected chi connectivity index (χ2v) is 9.04.